The van der Waals surface area contributed by atoms with Crippen molar-refractivity contribution in [1.82, 2.24) is 4.57 Å². The number of aryl methyl sites for hydroxylation is 2. The van der Waals surface area contributed by atoms with E-state index in [1.165, 1.54) is 24.4 Å². The molecule has 1 aromatic heterocycles. The van der Waals surface area contributed by atoms with Gasteiger partial charge in [-0.1, -0.05) is 32.4 Å². The second-order valence-electron chi connectivity index (χ2n) is 8.29. The van der Waals surface area contributed by atoms with Crippen LogP contribution in [0.5, 0.6) is 0 Å². The molecule has 0 aliphatic carbocycles. The smallest absolute Gasteiger partial charge is 0.211 e. The van der Waals surface area contributed by atoms with Crippen molar-refractivity contribution >= 4 is 26.4 Å². The number of hydrogen-bond donors (Lipinski definition) is 0. The summed E-state index contributed by atoms with van der Waals surface area (Å²) in [5, 5.41) is 0.0758. The molecular formula is C25H29FN2O4S. The Balaban J connectivity index is 1.90. The van der Waals surface area contributed by atoms with E-state index in [9.17, 15) is 13.2 Å². The first-order valence-electron chi connectivity index (χ1n) is 11.4. The van der Waals surface area contributed by atoms with Gasteiger partial charge in [0.2, 0.25) is 15.3 Å². The van der Waals surface area contributed by atoms with Crippen molar-refractivity contribution < 1.29 is 17.5 Å². The van der Waals surface area contributed by atoms with Gasteiger partial charge < -0.3 is 14.2 Å². The quantitative estimate of drug-likeness (QED) is 0.516. The first kappa shape index (κ1) is 23.4. The molecule has 0 saturated carbocycles. The summed E-state index contributed by atoms with van der Waals surface area (Å²) in [5.41, 5.74) is 1.27. The normalized spacial score (nSPS) is 14.7. The highest BCUT2D eigenvalue weighted by Crippen LogP contribution is 2.28. The number of pyridine rings is 1. The van der Waals surface area contributed by atoms with E-state index in [0.717, 1.165) is 24.8 Å². The summed E-state index contributed by atoms with van der Waals surface area (Å²) >= 11 is 0. The zero-order chi connectivity index (χ0) is 23.6. The van der Waals surface area contributed by atoms with Crippen LogP contribution < -0.4 is 10.3 Å². The summed E-state index contributed by atoms with van der Waals surface area (Å²) in [7, 11) is -4.06. The average molecular weight is 473 g/mol. The first-order chi connectivity index (χ1) is 15.9. The van der Waals surface area contributed by atoms with Crippen molar-refractivity contribution in [3.8, 4) is 0 Å². The maximum atomic E-state index is 15.1. The third kappa shape index (κ3) is 4.54. The second kappa shape index (κ2) is 9.65. The molecule has 1 fully saturated rings. The zero-order valence-corrected chi connectivity index (χ0v) is 19.8. The number of anilines is 1. The van der Waals surface area contributed by atoms with E-state index in [1.54, 1.807) is 22.8 Å². The predicted molar refractivity (Wildman–Crippen MR) is 127 cm³/mol. The fourth-order valence-corrected chi connectivity index (χ4v) is 5.52. The van der Waals surface area contributed by atoms with E-state index >= 15 is 4.39 Å². The summed E-state index contributed by atoms with van der Waals surface area (Å²) in [4.78, 5) is 15.0. The number of nitrogens with zero attached hydrogens (tertiary/aromatic N) is 2. The minimum Gasteiger partial charge on any atom is -0.378 e. The maximum absolute atomic E-state index is 15.1. The lowest BCUT2D eigenvalue weighted by Crippen LogP contribution is -2.36. The molecule has 33 heavy (non-hydrogen) atoms. The van der Waals surface area contributed by atoms with E-state index < -0.39 is 21.1 Å². The average Bonchev–Trinajstić information content (AvgIpc) is 2.84. The monoisotopic (exact) mass is 472 g/mol. The molecule has 0 amide bonds. The molecule has 8 heteroatoms. The van der Waals surface area contributed by atoms with E-state index in [4.69, 9.17) is 4.74 Å². The number of benzene rings is 2. The third-order valence-corrected chi connectivity index (χ3v) is 7.91. The van der Waals surface area contributed by atoms with Crippen LogP contribution in [0, 0.1) is 5.82 Å². The van der Waals surface area contributed by atoms with Crippen molar-refractivity contribution in [2.75, 3.05) is 31.2 Å². The van der Waals surface area contributed by atoms with Crippen LogP contribution in [0.2, 0.25) is 0 Å². The summed E-state index contributed by atoms with van der Waals surface area (Å²) in [5.74, 6) is -0.537. The molecule has 4 rings (SSSR count). The lowest BCUT2D eigenvalue weighted by atomic mass is 10.1. The molecule has 0 unspecified atom stereocenters. The lowest BCUT2D eigenvalue weighted by Gasteiger charge is -2.29. The van der Waals surface area contributed by atoms with E-state index in [1.807, 2.05) is 18.7 Å². The highest BCUT2D eigenvalue weighted by atomic mass is 32.2. The molecule has 2 aromatic carbocycles. The lowest BCUT2D eigenvalue weighted by molar-refractivity contribution is 0.122. The predicted octanol–water partition coefficient (Wildman–Crippen LogP) is 4.17. The second-order valence-corrected chi connectivity index (χ2v) is 10.2. The van der Waals surface area contributed by atoms with Gasteiger partial charge in [-0.05, 0) is 42.7 Å². The SMILES string of the molecule is CCCCn1cc(S(=O)(=O)c2ccc(CC)cc2)c(=O)c2cc(F)c(N3CCOCC3)cc21. The molecular weight excluding hydrogens is 443 g/mol. The van der Waals surface area contributed by atoms with Crippen LogP contribution in [0.15, 0.2) is 57.2 Å². The molecule has 3 aromatic rings. The number of rotatable bonds is 7. The molecule has 1 aliphatic heterocycles. The van der Waals surface area contributed by atoms with Crippen LogP contribution in [-0.2, 0) is 27.5 Å². The van der Waals surface area contributed by atoms with Gasteiger partial charge in [0.25, 0.3) is 0 Å². The van der Waals surface area contributed by atoms with Gasteiger partial charge in [-0.3, -0.25) is 4.79 Å². The van der Waals surface area contributed by atoms with Gasteiger partial charge in [-0.15, -0.1) is 0 Å². The third-order valence-electron chi connectivity index (χ3n) is 6.15. The van der Waals surface area contributed by atoms with Gasteiger partial charge in [-0.25, -0.2) is 12.8 Å². The summed E-state index contributed by atoms with van der Waals surface area (Å²) in [6.07, 6.45) is 3.90. The van der Waals surface area contributed by atoms with Crippen molar-refractivity contribution in [1.29, 1.82) is 0 Å². The number of morpholine rings is 1. The number of sulfone groups is 1. The topological polar surface area (TPSA) is 68.6 Å². The molecule has 0 N–H and O–H groups in total. The highest BCUT2D eigenvalue weighted by Gasteiger charge is 2.25. The Hall–Kier alpha value is -2.71. The van der Waals surface area contributed by atoms with Gasteiger partial charge >= 0.3 is 0 Å². The summed E-state index contributed by atoms with van der Waals surface area (Å²) < 4.78 is 49.1. The molecule has 6 nitrogen and oxygen atoms in total. The van der Waals surface area contributed by atoms with Gasteiger partial charge in [-0.2, -0.15) is 0 Å². The Morgan fingerprint density at radius 2 is 1.76 bits per heavy atom. The molecule has 0 radical (unpaired) electrons. The fourth-order valence-electron chi connectivity index (χ4n) is 4.16. The number of unbranched alkanes of at least 4 members (excludes halogenated alkanes) is 1. The van der Waals surface area contributed by atoms with Gasteiger partial charge in [0.15, 0.2) is 0 Å². The van der Waals surface area contributed by atoms with Crippen LogP contribution in [-0.4, -0.2) is 39.3 Å². The molecule has 2 heterocycles. The summed E-state index contributed by atoms with van der Waals surface area (Å²) in [6, 6.07) is 9.39. The molecule has 0 spiro atoms. The van der Waals surface area contributed by atoms with E-state index in [0.29, 0.717) is 44.1 Å². The van der Waals surface area contributed by atoms with Crippen LogP contribution in [0.25, 0.3) is 10.9 Å². The Morgan fingerprint density at radius 1 is 1.06 bits per heavy atom. The van der Waals surface area contributed by atoms with Crippen molar-refractivity contribution in [3.05, 3.63) is 64.2 Å². The van der Waals surface area contributed by atoms with E-state index in [-0.39, 0.29) is 15.2 Å². The number of aromatic nitrogens is 1. The largest absolute Gasteiger partial charge is 0.378 e. The molecule has 1 aliphatic rings. The van der Waals surface area contributed by atoms with Crippen LogP contribution in [0.3, 0.4) is 0 Å². The van der Waals surface area contributed by atoms with Crippen molar-refractivity contribution in [2.45, 2.75) is 49.4 Å². The highest BCUT2D eigenvalue weighted by molar-refractivity contribution is 7.91. The molecule has 1 saturated heterocycles. The van der Waals surface area contributed by atoms with Gasteiger partial charge in [0.05, 0.1) is 34.7 Å². The zero-order valence-electron chi connectivity index (χ0n) is 19.0. The minimum atomic E-state index is -4.06. The van der Waals surface area contributed by atoms with Gasteiger partial charge in [0.1, 0.15) is 10.7 Å². The van der Waals surface area contributed by atoms with Crippen LogP contribution >= 0.6 is 0 Å². The fraction of sp³-hybridized carbons (Fsp3) is 0.400. The van der Waals surface area contributed by atoms with Crippen molar-refractivity contribution in [2.24, 2.45) is 0 Å². The number of halogens is 1. The number of hydrogen-bond acceptors (Lipinski definition) is 5. The number of fused-ring (bicyclic) bond motifs is 1. The summed E-state index contributed by atoms with van der Waals surface area (Å²) in [6.45, 7) is 6.68. The van der Waals surface area contributed by atoms with Crippen LogP contribution in [0.1, 0.15) is 32.3 Å². The molecule has 0 atom stereocenters. The maximum Gasteiger partial charge on any atom is 0.211 e. The first-order valence-corrected chi connectivity index (χ1v) is 12.9. The minimum absolute atomic E-state index is 0.0589. The van der Waals surface area contributed by atoms with Crippen LogP contribution in [0.4, 0.5) is 10.1 Å². The Bertz CT molecular complexity index is 1310. The molecule has 0 bridgehead atoms. The Labute approximate surface area is 193 Å². The van der Waals surface area contributed by atoms with E-state index in [2.05, 4.69) is 0 Å². The van der Waals surface area contributed by atoms with Gasteiger partial charge in [0, 0.05) is 25.8 Å². The standard InChI is InChI=1S/C25H29FN2O4S/c1-3-5-10-28-17-24(33(30,31)19-8-6-18(4-2)7-9-19)25(29)20-15-21(26)23(16-22(20)28)27-11-13-32-14-12-27/h6-9,15-17H,3-5,10-14H2,1-2H3. The Morgan fingerprint density at radius 3 is 2.39 bits per heavy atom. The Kier molecular flexibility index (Phi) is 6.86. The molecule has 176 valence electrons. The van der Waals surface area contributed by atoms with Crippen molar-refractivity contribution in [3.63, 3.8) is 0 Å². The number of ether oxygens (including phenoxy) is 1.